The lowest BCUT2D eigenvalue weighted by Gasteiger charge is -2.16. The molecule has 0 aliphatic rings. The highest BCUT2D eigenvalue weighted by Crippen LogP contribution is 2.42. The number of hydrogen-bond donors (Lipinski definition) is 0. The van der Waals surface area contributed by atoms with Gasteiger partial charge in [0.1, 0.15) is 11.5 Å². The zero-order valence-electron chi connectivity index (χ0n) is 14.1. The molecule has 0 unspecified atom stereocenters. The first-order valence-electron chi connectivity index (χ1n) is 7.81. The molecule has 0 aromatic heterocycles. The zero-order valence-corrected chi connectivity index (χ0v) is 14.9. The largest absolute Gasteiger partial charge is 0.457 e. The van der Waals surface area contributed by atoms with Gasteiger partial charge in [0.15, 0.2) is 5.75 Å². The van der Waals surface area contributed by atoms with E-state index in [4.69, 9.17) is 9.47 Å². The molecule has 0 saturated carbocycles. The van der Waals surface area contributed by atoms with Gasteiger partial charge in [-0.3, -0.25) is 0 Å². The van der Waals surface area contributed by atoms with Gasteiger partial charge < -0.3 is 9.47 Å². The second-order valence-corrected chi connectivity index (χ2v) is 6.34. The van der Waals surface area contributed by atoms with E-state index in [2.05, 4.69) is 6.58 Å². The van der Waals surface area contributed by atoms with Crippen LogP contribution in [0.15, 0.2) is 72.1 Å². The predicted molar refractivity (Wildman–Crippen MR) is 103 cm³/mol. The molecule has 0 atom stereocenters. The Bertz CT molecular complexity index is 933. The first-order valence-corrected chi connectivity index (χ1v) is 9.03. The van der Waals surface area contributed by atoms with Crippen LogP contribution in [-0.2, 0) is 4.79 Å². The van der Waals surface area contributed by atoms with E-state index in [1.54, 1.807) is 0 Å². The zero-order chi connectivity index (χ0) is 17.8. The van der Waals surface area contributed by atoms with Crippen molar-refractivity contribution in [3.8, 4) is 17.2 Å². The van der Waals surface area contributed by atoms with Crippen molar-refractivity contribution in [3.63, 3.8) is 0 Å². The van der Waals surface area contributed by atoms with Crippen molar-refractivity contribution in [1.29, 1.82) is 0 Å². The van der Waals surface area contributed by atoms with Gasteiger partial charge in [-0.1, -0.05) is 42.5 Å². The van der Waals surface area contributed by atoms with E-state index in [0.717, 1.165) is 32.7 Å². The predicted octanol–water partition coefficient (Wildman–Crippen LogP) is 5.75. The summed E-state index contributed by atoms with van der Waals surface area (Å²) in [6, 6.07) is 17.5. The number of fused-ring (bicyclic) bond motifs is 1. The quantitative estimate of drug-likeness (QED) is 0.254. The molecule has 3 nitrogen and oxygen atoms in total. The molecule has 0 spiro atoms. The average Bonchev–Trinajstić information content (AvgIpc) is 2.64. The summed E-state index contributed by atoms with van der Waals surface area (Å²) in [7, 11) is 0. The van der Waals surface area contributed by atoms with E-state index >= 15 is 0 Å². The van der Waals surface area contributed by atoms with E-state index in [1.165, 1.54) is 17.8 Å². The molecule has 25 heavy (non-hydrogen) atoms. The number of rotatable bonds is 5. The molecular formula is C21H18O3S. The molecule has 0 saturated heterocycles. The number of thioether (sulfide) groups is 1. The van der Waals surface area contributed by atoms with Gasteiger partial charge in [0.2, 0.25) is 0 Å². The van der Waals surface area contributed by atoms with Crippen LogP contribution < -0.4 is 9.47 Å². The Morgan fingerprint density at radius 1 is 1.08 bits per heavy atom. The first-order chi connectivity index (χ1) is 12.1. The Balaban J connectivity index is 2.20. The number of para-hydroxylation sites is 1. The fourth-order valence-corrected chi connectivity index (χ4v) is 3.12. The SMILES string of the molecule is C=CC(=O)Oc1c(SC)cc(Oc2ccccc2)c2cc(C)ccc12. The summed E-state index contributed by atoms with van der Waals surface area (Å²) in [6.45, 7) is 5.49. The first kappa shape index (κ1) is 17.1. The number of benzene rings is 3. The second kappa shape index (κ2) is 7.45. The Kier molecular flexibility index (Phi) is 5.10. The van der Waals surface area contributed by atoms with Crippen molar-refractivity contribution in [3.05, 3.63) is 72.8 Å². The van der Waals surface area contributed by atoms with Gasteiger partial charge in [0.25, 0.3) is 0 Å². The smallest absolute Gasteiger partial charge is 0.335 e. The molecule has 126 valence electrons. The van der Waals surface area contributed by atoms with Crippen molar-refractivity contribution >= 4 is 28.5 Å². The maximum atomic E-state index is 11.8. The highest BCUT2D eigenvalue weighted by molar-refractivity contribution is 7.98. The third-order valence-corrected chi connectivity index (χ3v) is 4.47. The fraction of sp³-hybridized carbons (Fsp3) is 0.0952. The molecule has 3 aromatic rings. The van der Waals surface area contributed by atoms with Crippen LogP contribution in [0.25, 0.3) is 10.8 Å². The molecular weight excluding hydrogens is 332 g/mol. The maximum Gasteiger partial charge on any atom is 0.335 e. The second-order valence-electron chi connectivity index (χ2n) is 5.50. The van der Waals surface area contributed by atoms with Crippen molar-refractivity contribution in [2.45, 2.75) is 11.8 Å². The Morgan fingerprint density at radius 2 is 1.84 bits per heavy atom. The lowest BCUT2D eigenvalue weighted by Crippen LogP contribution is -2.05. The number of carbonyl (C=O) groups is 1. The van der Waals surface area contributed by atoms with E-state index < -0.39 is 5.97 Å². The van der Waals surface area contributed by atoms with Crippen LogP contribution in [-0.4, -0.2) is 12.2 Å². The molecule has 4 heteroatoms. The fourth-order valence-electron chi connectivity index (χ4n) is 2.55. The molecule has 0 radical (unpaired) electrons. The van der Waals surface area contributed by atoms with Crippen LogP contribution in [0.3, 0.4) is 0 Å². The maximum absolute atomic E-state index is 11.8. The molecule has 0 amide bonds. The van der Waals surface area contributed by atoms with Crippen LogP contribution in [0.2, 0.25) is 0 Å². The third-order valence-electron chi connectivity index (χ3n) is 3.73. The molecule has 0 heterocycles. The summed E-state index contributed by atoms with van der Waals surface area (Å²) in [4.78, 5) is 12.6. The van der Waals surface area contributed by atoms with E-state index in [0.29, 0.717) is 5.75 Å². The Labute approximate surface area is 151 Å². The van der Waals surface area contributed by atoms with Crippen LogP contribution in [0.1, 0.15) is 5.56 Å². The van der Waals surface area contributed by atoms with Gasteiger partial charge in [-0.25, -0.2) is 4.79 Å². The number of esters is 1. The van der Waals surface area contributed by atoms with Crippen molar-refractivity contribution in [2.75, 3.05) is 6.26 Å². The standard InChI is InChI=1S/C21H18O3S/c1-4-20(22)24-21-16-11-10-14(2)12-17(16)18(13-19(21)25-3)23-15-8-6-5-7-9-15/h4-13H,1H2,2-3H3. The molecule has 0 bridgehead atoms. The van der Waals surface area contributed by atoms with E-state index in [9.17, 15) is 4.79 Å². The molecule has 3 aromatic carbocycles. The van der Waals surface area contributed by atoms with Gasteiger partial charge in [0, 0.05) is 16.8 Å². The molecule has 3 rings (SSSR count). The number of ether oxygens (including phenoxy) is 2. The van der Waals surface area contributed by atoms with E-state index in [-0.39, 0.29) is 0 Å². The van der Waals surface area contributed by atoms with Gasteiger partial charge in [-0.05, 0) is 37.4 Å². The topological polar surface area (TPSA) is 35.5 Å². The summed E-state index contributed by atoms with van der Waals surface area (Å²) >= 11 is 1.50. The number of aryl methyl sites for hydroxylation is 1. The lowest BCUT2D eigenvalue weighted by molar-refractivity contribution is -0.129. The highest BCUT2D eigenvalue weighted by Gasteiger charge is 2.16. The van der Waals surface area contributed by atoms with Gasteiger partial charge in [-0.15, -0.1) is 11.8 Å². The molecule has 0 fully saturated rings. The summed E-state index contributed by atoms with van der Waals surface area (Å²) in [5.41, 5.74) is 1.10. The lowest BCUT2D eigenvalue weighted by atomic mass is 10.1. The average molecular weight is 350 g/mol. The minimum absolute atomic E-state index is 0.478. The molecule has 0 aliphatic heterocycles. The van der Waals surface area contributed by atoms with Crippen molar-refractivity contribution < 1.29 is 14.3 Å². The van der Waals surface area contributed by atoms with Crippen LogP contribution in [0.4, 0.5) is 0 Å². The Hall–Kier alpha value is -2.72. The summed E-state index contributed by atoms with van der Waals surface area (Å²) in [5, 5.41) is 1.73. The van der Waals surface area contributed by atoms with Gasteiger partial charge in [-0.2, -0.15) is 0 Å². The highest BCUT2D eigenvalue weighted by atomic mass is 32.2. The van der Waals surface area contributed by atoms with Gasteiger partial charge >= 0.3 is 5.97 Å². The number of hydrogen-bond acceptors (Lipinski definition) is 4. The molecule has 0 aliphatic carbocycles. The minimum atomic E-state index is -0.478. The summed E-state index contributed by atoms with van der Waals surface area (Å²) in [5.74, 6) is 1.54. The van der Waals surface area contributed by atoms with Crippen molar-refractivity contribution in [1.82, 2.24) is 0 Å². The van der Waals surface area contributed by atoms with Gasteiger partial charge in [0.05, 0.1) is 4.90 Å². The van der Waals surface area contributed by atoms with Crippen LogP contribution >= 0.6 is 11.8 Å². The number of carbonyl (C=O) groups excluding carboxylic acids is 1. The van der Waals surface area contributed by atoms with E-state index in [1.807, 2.05) is 67.8 Å². The monoisotopic (exact) mass is 350 g/mol. The van der Waals surface area contributed by atoms with Crippen LogP contribution in [0, 0.1) is 6.92 Å². The van der Waals surface area contributed by atoms with Crippen LogP contribution in [0.5, 0.6) is 17.2 Å². The minimum Gasteiger partial charge on any atom is -0.457 e. The summed E-state index contributed by atoms with van der Waals surface area (Å²) < 4.78 is 11.6. The third kappa shape index (κ3) is 3.69. The normalized spacial score (nSPS) is 10.5. The molecule has 0 N–H and O–H groups in total. The summed E-state index contributed by atoms with van der Waals surface area (Å²) in [6.07, 6.45) is 3.10. The Morgan fingerprint density at radius 3 is 2.52 bits per heavy atom. The van der Waals surface area contributed by atoms with Crippen molar-refractivity contribution in [2.24, 2.45) is 0 Å².